The maximum atomic E-state index is 6.16. The first-order valence-corrected chi connectivity index (χ1v) is 5.74. The third-order valence-corrected chi connectivity index (χ3v) is 3.88. The van der Waals surface area contributed by atoms with E-state index in [2.05, 4.69) is 19.2 Å². The molecule has 82 valence electrons. The Morgan fingerprint density at radius 2 is 2.00 bits per heavy atom. The maximum absolute atomic E-state index is 6.16. The molecule has 1 heterocycles. The van der Waals surface area contributed by atoms with Crippen molar-refractivity contribution >= 4 is 0 Å². The van der Waals surface area contributed by atoms with Crippen LogP contribution in [0.15, 0.2) is 0 Å². The summed E-state index contributed by atoms with van der Waals surface area (Å²) in [4.78, 5) is 0. The van der Waals surface area contributed by atoms with Gasteiger partial charge in [-0.3, -0.25) is 0 Å². The lowest BCUT2D eigenvalue weighted by Crippen LogP contribution is -2.68. The van der Waals surface area contributed by atoms with Gasteiger partial charge in [0.05, 0.1) is 0 Å². The lowest BCUT2D eigenvalue weighted by atomic mass is 9.56. The van der Waals surface area contributed by atoms with E-state index in [-0.39, 0.29) is 0 Å². The molecule has 2 fully saturated rings. The molecule has 1 saturated heterocycles. The molecule has 3 N–H and O–H groups in total. The summed E-state index contributed by atoms with van der Waals surface area (Å²) >= 11 is 0. The fourth-order valence-corrected chi connectivity index (χ4v) is 2.93. The molecule has 1 aliphatic heterocycles. The third kappa shape index (κ3) is 1.58. The van der Waals surface area contributed by atoms with Crippen LogP contribution in [0.5, 0.6) is 0 Å². The number of rotatable bonds is 2. The molecule has 3 nitrogen and oxygen atoms in total. The highest BCUT2D eigenvalue weighted by Gasteiger charge is 2.53. The average molecular weight is 198 g/mol. The third-order valence-electron chi connectivity index (χ3n) is 3.88. The second kappa shape index (κ2) is 3.80. The minimum atomic E-state index is 0.350. The predicted octanol–water partition coefficient (Wildman–Crippen LogP) is 0.881. The Morgan fingerprint density at radius 3 is 2.50 bits per heavy atom. The van der Waals surface area contributed by atoms with Crippen LogP contribution in [0, 0.1) is 5.41 Å². The van der Waals surface area contributed by atoms with Gasteiger partial charge < -0.3 is 15.8 Å². The van der Waals surface area contributed by atoms with Gasteiger partial charge in [0.25, 0.3) is 0 Å². The van der Waals surface area contributed by atoms with Crippen LogP contribution in [-0.4, -0.2) is 31.3 Å². The number of ether oxygens (including phenoxy) is 1. The van der Waals surface area contributed by atoms with Crippen LogP contribution in [-0.2, 0) is 4.74 Å². The fraction of sp³-hybridized carbons (Fsp3) is 1.00. The zero-order valence-electron chi connectivity index (χ0n) is 9.25. The molecule has 1 saturated carbocycles. The van der Waals surface area contributed by atoms with Gasteiger partial charge in [0, 0.05) is 36.8 Å². The second-order valence-corrected chi connectivity index (χ2v) is 5.06. The molecule has 1 aliphatic carbocycles. The molecular formula is C11H22N2O. The standard InChI is InChI=1S/C11H22N2O/c1-8(2)13-10-7-9(12)11(10)3-5-14-6-4-11/h8-10,13H,3-7,12H2,1-2H3. The van der Waals surface area contributed by atoms with Gasteiger partial charge >= 0.3 is 0 Å². The Morgan fingerprint density at radius 1 is 1.36 bits per heavy atom. The summed E-state index contributed by atoms with van der Waals surface area (Å²) in [5, 5.41) is 3.63. The molecule has 0 aromatic heterocycles. The smallest absolute Gasteiger partial charge is 0.0472 e. The van der Waals surface area contributed by atoms with E-state index in [9.17, 15) is 0 Å². The van der Waals surface area contributed by atoms with Crippen molar-refractivity contribution in [3.8, 4) is 0 Å². The minimum absolute atomic E-state index is 0.350. The Kier molecular flexibility index (Phi) is 2.82. The number of nitrogens with two attached hydrogens (primary N) is 1. The number of hydrogen-bond acceptors (Lipinski definition) is 3. The summed E-state index contributed by atoms with van der Waals surface area (Å²) < 4.78 is 5.42. The van der Waals surface area contributed by atoms with E-state index in [1.807, 2.05) is 0 Å². The van der Waals surface area contributed by atoms with Gasteiger partial charge in [-0.2, -0.15) is 0 Å². The molecule has 1 spiro atoms. The van der Waals surface area contributed by atoms with Gasteiger partial charge in [-0.15, -0.1) is 0 Å². The normalized spacial score (nSPS) is 36.0. The van der Waals surface area contributed by atoms with E-state index >= 15 is 0 Å². The SMILES string of the molecule is CC(C)NC1CC(N)C12CCOCC2. The highest BCUT2D eigenvalue weighted by Crippen LogP contribution is 2.47. The molecule has 14 heavy (non-hydrogen) atoms. The van der Waals surface area contributed by atoms with E-state index < -0.39 is 0 Å². The van der Waals surface area contributed by atoms with Crippen molar-refractivity contribution in [2.24, 2.45) is 11.1 Å². The first-order chi connectivity index (χ1) is 6.65. The summed E-state index contributed by atoms with van der Waals surface area (Å²) in [7, 11) is 0. The summed E-state index contributed by atoms with van der Waals surface area (Å²) in [6.07, 6.45) is 3.41. The Bertz CT molecular complexity index is 199. The van der Waals surface area contributed by atoms with Gasteiger partial charge in [0.2, 0.25) is 0 Å². The summed E-state index contributed by atoms with van der Waals surface area (Å²) in [6, 6.07) is 1.58. The largest absolute Gasteiger partial charge is 0.381 e. The van der Waals surface area contributed by atoms with E-state index in [1.165, 1.54) is 0 Å². The first-order valence-electron chi connectivity index (χ1n) is 5.74. The van der Waals surface area contributed by atoms with Gasteiger partial charge in [-0.25, -0.2) is 0 Å². The van der Waals surface area contributed by atoms with Crippen LogP contribution in [0.1, 0.15) is 33.1 Å². The minimum Gasteiger partial charge on any atom is -0.381 e. The van der Waals surface area contributed by atoms with Crippen molar-refractivity contribution in [3.63, 3.8) is 0 Å². The van der Waals surface area contributed by atoms with Crippen LogP contribution < -0.4 is 11.1 Å². The predicted molar refractivity (Wildman–Crippen MR) is 57.1 cm³/mol. The number of nitrogens with one attached hydrogen (secondary N) is 1. The monoisotopic (exact) mass is 198 g/mol. The van der Waals surface area contributed by atoms with Gasteiger partial charge in [0.1, 0.15) is 0 Å². The molecule has 0 radical (unpaired) electrons. The summed E-state index contributed by atoms with van der Waals surface area (Å²) in [5.41, 5.74) is 6.51. The molecule has 2 aliphatic rings. The van der Waals surface area contributed by atoms with Crippen molar-refractivity contribution < 1.29 is 4.74 Å². The van der Waals surface area contributed by atoms with Crippen LogP contribution in [0.25, 0.3) is 0 Å². The average Bonchev–Trinajstić information content (AvgIpc) is 2.18. The van der Waals surface area contributed by atoms with Crippen LogP contribution >= 0.6 is 0 Å². The summed E-state index contributed by atoms with van der Waals surface area (Å²) in [6.45, 7) is 6.20. The van der Waals surface area contributed by atoms with E-state index in [0.717, 1.165) is 32.5 Å². The van der Waals surface area contributed by atoms with Crippen LogP contribution in [0.2, 0.25) is 0 Å². The molecule has 3 heteroatoms. The molecule has 0 aromatic rings. The van der Waals surface area contributed by atoms with Crippen molar-refractivity contribution in [2.45, 2.75) is 51.2 Å². The molecule has 2 rings (SSSR count). The summed E-state index contributed by atoms with van der Waals surface area (Å²) in [5.74, 6) is 0. The fourth-order valence-electron chi connectivity index (χ4n) is 2.93. The second-order valence-electron chi connectivity index (χ2n) is 5.06. The van der Waals surface area contributed by atoms with Crippen molar-refractivity contribution in [1.29, 1.82) is 0 Å². The zero-order chi connectivity index (χ0) is 10.2. The van der Waals surface area contributed by atoms with Gasteiger partial charge in [-0.1, -0.05) is 13.8 Å². The quantitative estimate of drug-likeness (QED) is 0.692. The maximum Gasteiger partial charge on any atom is 0.0472 e. The Labute approximate surface area is 86.4 Å². The lowest BCUT2D eigenvalue weighted by Gasteiger charge is -2.57. The number of hydrogen-bond donors (Lipinski definition) is 2. The van der Waals surface area contributed by atoms with Crippen LogP contribution in [0.4, 0.5) is 0 Å². The molecule has 2 atom stereocenters. The lowest BCUT2D eigenvalue weighted by molar-refractivity contribution is -0.0727. The van der Waals surface area contributed by atoms with Crippen molar-refractivity contribution in [3.05, 3.63) is 0 Å². The van der Waals surface area contributed by atoms with Gasteiger partial charge in [0.15, 0.2) is 0 Å². The van der Waals surface area contributed by atoms with Crippen LogP contribution in [0.3, 0.4) is 0 Å². The first kappa shape index (κ1) is 10.4. The molecule has 0 amide bonds. The topological polar surface area (TPSA) is 47.3 Å². The molecule has 2 unspecified atom stereocenters. The molecular weight excluding hydrogens is 176 g/mol. The van der Waals surface area contributed by atoms with E-state index in [4.69, 9.17) is 10.5 Å². The zero-order valence-corrected chi connectivity index (χ0v) is 9.25. The molecule has 0 bridgehead atoms. The van der Waals surface area contributed by atoms with Crippen molar-refractivity contribution in [2.75, 3.05) is 13.2 Å². The van der Waals surface area contributed by atoms with E-state index in [0.29, 0.717) is 23.5 Å². The molecule has 0 aromatic carbocycles. The van der Waals surface area contributed by atoms with E-state index in [1.54, 1.807) is 0 Å². The highest BCUT2D eigenvalue weighted by atomic mass is 16.5. The Balaban J connectivity index is 1.99. The highest BCUT2D eigenvalue weighted by molar-refractivity contribution is 5.10. The van der Waals surface area contributed by atoms with Crippen molar-refractivity contribution in [1.82, 2.24) is 5.32 Å². The van der Waals surface area contributed by atoms with Gasteiger partial charge in [-0.05, 0) is 19.3 Å². The Hall–Kier alpha value is -0.120.